The first-order valence-corrected chi connectivity index (χ1v) is 8.81. The van der Waals surface area contributed by atoms with Crippen molar-refractivity contribution in [3.63, 3.8) is 0 Å². The number of nitrogens with zero attached hydrogens (tertiary/aromatic N) is 3. The van der Waals surface area contributed by atoms with E-state index in [2.05, 4.69) is 40.0 Å². The molecular weight excluding hydrogens is 286 g/mol. The van der Waals surface area contributed by atoms with E-state index < -0.39 is 0 Å². The van der Waals surface area contributed by atoms with Crippen LogP contribution in [0.2, 0.25) is 0 Å². The first-order chi connectivity index (χ1) is 11.2. The summed E-state index contributed by atoms with van der Waals surface area (Å²) in [7, 11) is 0. The molecule has 0 bridgehead atoms. The predicted molar refractivity (Wildman–Crippen MR) is 93.5 cm³/mol. The van der Waals surface area contributed by atoms with Crippen molar-refractivity contribution >= 4 is 17.0 Å². The number of rotatable bonds is 5. The molecule has 0 unspecified atom stereocenters. The maximum Gasteiger partial charge on any atom is 0.189 e. The first kappa shape index (κ1) is 14.5. The van der Waals surface area contributed by atoms with Crippen molar-refractivity contribution in [2.24, 2.45) is 10.7 Å². The summed E-state index contributed by atoms with van der Waals surface area (Å²) in [6.07, 6.45) is 7.27. The fourth-order valence-corrected chi connectivity index (χ4v) is 3.27. The molecular formula is C18H25N5. The number of fused-ring (bicyclic) bond motifs is 1. The average molecular weight is 311 g/mol. The fourth-order valence-electron chi connectivity index (χ4n) is 3.27. The molecule has 5 nitrogen and oxygen atoms in total. The van der Waals surface area contributed by atoms with E-state index in [0.717, 1.165) is 11.9 Å². The minimum Gasteiger partial charge on any atom is -0.370 e. The van der Waals surface area contributed by atoms with Gasteiger partial charge in [0.05, 0.1) is 17.6 Å². The number of aliphatic imine (C=N–C) groups is 1. The number of aryl methyl sites for hydroxylation is 1. The zero-order valence-electron chi connectivity index (χ0n) is 13.8. The average Bonchev–Trinajstić information content (AvgIpc) is 3.29. The van der Waals surface area contributed by atoms with E-state index in [9.17, 15) is 0 Å². The van der Waals surface area contributed by atoms with E-state index in [0.29, 0.717) is 24.6 Å². The van der Waals surface area contributed by atoms with Gasteiger partial charge in [-0.15, -0.1) is 0 Å². The number of benzene rings is 1. The lowest BCUT2D eigenvalue weighted by Crippen LogP contribution is -2.43. The normalized spacial score (nSPS) is 19.1. The highest BCUT2D eigenvalue weighted by Gasteiger charge is 2.27. The summed E-state index contributed by atoms with van der Waals surface area (Å²) >= 11 is 0. The Morgan fingerprint density at radius 2 is 2.17 bits per heavy atom. The number of guanidine groups is 1. The second-order valence-corrected chi connectivity index (χ2v) is 6.78. The Morgan fingerprint density at radius 3 is 2.83 bits per heavy atom. The van der Waals surface area contributed by atoms with Gasteiger partial charge in [0.2, 0.25) is 0 Å². The van der Waals surface area contributed by atoms with E-state index in [1.165, 1.54) is 49.0 Å². The summed E-state index contributed by atoms with van der Waals surface area (Å²) < 4.78 is 2.43. The van der Waals surface area contributed by atoms with Crippen LogP contribution in [0.15, 0.2) is 23.2 Å². The highest BCUT2D eigenvalue weighted by atomic mass is 15.1. The molecule has 0 spiro atoms. The molecule has 2 aromatic rings. The maximum absolute atomic E-state index is 5.96. The van der Waals surface area contributed by atoms with Crippen molar-refractivity contribution in [3.05, 3.63) is 29.6 Å². The second-order valence-electron chi connectivity index (χ2n) is 6.78. The lowest BCUT2D eigenvalue weighted by molar-refractivity contribution is 0.382. The van der Waals surface area contributed by atoms with Crippen LogP contribution >= 0.6 is 0 Å². The summed E-state index contributed by atoms with van der Waals surface area (Å²) in [6, 6.07) is 7.71. The van der Waals surface area contributed by atoms with Crippen LogP contribution in [0.1, 0.15) is 56.5 Å². The smallest absolute Gasteiger partial charge is 0.189 e. The lowest BCUT2D eigenvalue weighted by Gasteiger charge is -2.26. The third-order valence-electron chi connectivity index (χ3n) is 4.94. The molecule has 3 N–H and O–H groups in total. The predicted octanol–water partition coefficient (Wildman–Crippen LogP) is 2.89. The molecule has 1 aromatic heterocycles. The summed E-state index contributed by atoms with van der Waals surface area (Å²) in [5, 5.41) is 3.28. The van der Waals surface area contributed by atoms with Crippen LogP contribution in [0.4, 0.5) is 0 Å². The van der Waals surface area contributed by atoms with E-state index in [1.807, 2.05) is 0 Å². The number of imidazole rings is 1. The minimum atomic E-state index is 0.530. The van der Waals surface area contributed by atoms with Gasteiger partial charge in [-0.3, -0.25) is 0 Å². The number of nitrogens with one attached hydrogen (secondary N) is 1. The number of hydrogen-bond acceptors (Lipinski definition) is 2. The molecule has 1 aromatic carbocycles. The van der Waals surface area contributed by atoms with Crippen LogP contribution in [-0.2, 0) is 13.0 Å². The van der Waals surface area contributed by atoms with Gasteiger partial charge in [-0.1, -0.05) is 13.0 Å². The monoisotopic (exact) mass is 311 g/mol. The van der Waals surface area contributed by atoms with Crippen LogP contribution in [0, 0.1) is 0 Å². The molecule has 2 aliphatic rings. The van der Waals surface area contributed by atoms with Crippen LogP contribution in [0.25, 0.3) is 11.0 Å². The van der Waals surface area contributed by atoms with Crippen LogP contribution in [0.5, 0.6) is 0 Å². The number of aromatic nitrogens is 2. The zero-order chi connectivity index (χ0) is 15.8. The Hall–Kier alpha value is -2.04. The summed E-state index contributed by atoms with van der Waals surface area (Å²) in [5.74, 6) is 1.77. The molecule has 2 saturated carbocycles. The topological polar surface area (TPSA) is 68.2 Å². The molecule has 0 radical (unpaired) electrons. The minimum absolute atomic E-state index is 0.530. The van der Waals surface area contributed by atoms with E-state index >= 15 is 0 Å². The van der Waals surface area contributed by atoms with E-state index in [-0.39, 0.29) is 0 Å². The molecule has 0 atom stereocenters. The lowest BCUT2D eigenvalue weighted by atomic mass is 9.93. The Bertz CT molecular complexity index is 737. The van der Waals surface area contributed by atoms with Crippen LogP contribution in [0.3, 0.4) is 0 Å². The number of hydrogen-bond donors (Lipinski definition) is 2. The van der Waals surface area contributed by atoms with Crippen molar-refractivity contribution in [1.29, 1.82) is 0 Å². The molecule has 5 heteroatoms. The summed E-state index contributed by atoms with van der Waals surface area (Å²) in [5.41, 5.74) is 9.48. The van der Waals surface area contributed by atoms with Gasteiger partial charge >= 0.3 is 0 Å². The molecule has 4 rings (SSSR count). The third kappa shape index (κ3) is 2.92. The molecule has 2 fully saturated rings. The van der Waals surface area contributed by atoms with Gasteiger partial charge in [0, 0.05) is 18.5 Å². The molecule has 2 aliphatic carbocycles. The van der Waals surface area contributed by atoms with Crippen LogP contribution in [-0.4, -0.2) is 21.6 Å². The SMILES string of the molecule is CCc1nc2cc(CN=C(N)NC3CCC3)ccc2n1C1CC1. The Labute approximate surface area is 137 Å². The Balaban J connectivity index is 1.53. The highest BCUT2D eigenvalue weighted by molar-refractivity contribution is 5.79. The van der Waals surface area contributed by atoms with Crippen molar-refractivity contribution in [2.75, 3.05) is 0 Å². The molecule has 0 aliphatic heterocycles. The van der Waals surface area contributed by atoms with Crippen molar-refractivity contribution < 1.29 is 0 Å². The quantitative estimate of drug-likeness (QED) is 0.659. The largest absolute Gasteiger partial charge is 0.370 e. The molecule has 122 valence electrons. The zero-order valence-corrected chi connectivity index (χ0v) is 13.8. The van der Waals surface area contributed by atoms with E-state index in [1.54, 1.807) is 0 Å². The standard InChI is InChI=1S/C18H25N5/c1-2-17-22-15-10-12(6-9-16(15)23(17)14-7-8-14)11-20-18(19)21-13-4-3-5-13/h6,9-10,13-14H,2-5,7-8,11H2,1H3,(H3,19,20,21). The fraction of sp³-hybridized carbons (Fsp3) is 0.556. The highest BCUT2D eigenvalue weighted by Crippen LogP contribution is 2.38. The Morgan fingerprint density at radius 1 is 1.35 bits per heavy atom. The third-order valence-corrected chi connectivity index (χ3v) is 4.94. The van der Waals surface area contributed by atoms with Gasteiger partial charge < -0.3 is 15.6 Å². The summed E-state index contributed by atoms with van der Waals surface area (Å²) in [6.45, 7) is 2.79. The molecule has 1 heterocycles. The second kappa shape index (κ2) is 5.87. The van der Waals surface area contributed by atoms with Crippen LogP contribution < -0.4 is 11.1 Å². The molecule has 23 heavy (non-hydrogen) atoms. The summed E-state index contributed by atoms with van der Waals surface area (Å²) in [4.78, 5) is 9.29. The van der Waals surface area contributed by atoms with Gasteiger partial charge in [0.1, 0.15) is 5.82 Å². The van der Waals surface area contributed by atoms with Gasteiger partial charge in [-0.25, -0.2) is 9.98 Å². The number of nitrogens with two attached hydrogens (primary N) is 1. The van der Waals surface area contributed by atoms with Crippen molar-refractivity contribution in [3.8, 4) is 0 Å². The molecule has 0 saturated heterocycles. The van der Waals surface area contributed by atoms with Crippen molar-refractivity contribution in [1.82, 2.24) is 14.9 Å². The first-order valence-electron chi connectivity index (χ1n) is 8.81. The van der Waals surface area contributed by atoms with Gasteiger partial charge in [0.15, 0.2) is 5.96 Å². The van der Waals surface area contributed by atoms with Gasteiger partial charge in [0.25, 0.3) is 0 Å². The van der Waals surface area contributed by atoms with Gasteiger partial charge in [-0.2, -0.15) is 0 Å². The maximum atomic E-state index is 5.96. The Kier molecular flexibility index (Phi) is 3.71. The van der Waals surface area contributed by atoms with E-state index in [4.69, 9.17) is 10.7 Å². The molecule has 0 amide bonds. The van der Waals surface area contributed by atoms with Crippen molar-refractivity contribution in [2.45, 2.75) is 64.1 Å². The van der Waals surface area contributed by atoms with Gasteiger partial charge in [-0.05, 0) is 49.8 Å².